The van der Waals surface area contributed by atoms with Crippen molar-refractivity contribution in [2.45, 2.75) is 6.92 Å². The highest BCUT2D eigenvalue weighted by Gasteiger charge is 2.30. The molecule has 0 aromatic heterocycles. The van der Waals surface area contributed by atoms with Gasteiger partial charge in [-0.05, 0) is 24.4 Å². The van der Waals surface area contributed by atoms with Gasteiger partial charge in [0.1, 0.15) is 6.54 Å². The molecule has 0 saturated heterocycles. The molecule has 0 bridgehead atoms. The highest BCUT2D eigenvalue weighted by molar-refractivity contribution is 6.26. The molecule has 0 radical (unpaired) electrons. The second kappa shape index (κ2) is 7.16. The van der Waals surface area contributed by atoms with Gasteiger partial charge in [0.2, 0.25) is 0 Å². The van der Waals surface area contributed by atoms with Crippen molar-refractivity contribution < 1.29 is 14.5 Å². The van der Waals surface area contributed by atoms with Gasteiger partial charge in [-0.3, -0.25) is 24.6 Å². The van der Waals surface area contributed by atoms with Crippen LogP contribution in [0.3, 0.4) is 0 Å². The van der Waals surface area contributed by atoms with Crippen molar-refractivity contribution in [3.05, 3.63) is 81.9 Å². The normalized spacial score (nSPS) is 13.1. The summed E-state index contributed by atoms with van der Waals surface area (Å²) in [6.45, 7) is 1.45. The maximum Gasteiger partial charge on any atom is 0.270 e. The van der Waals surface area contributed by atoms with Crippen LogP contribution in [0.1, 0.15) is 22.8 Å². The minimum atomic E-state index is -0.493. The highest BCUT2D eigenvalue weighted by atomic mass is 16.6. The highest BCUT2D eigenvalue weighted by Crippen LogP contribution is 2.36. The lowest BCUT2D eigenvalue weighted by atomic mass is 10.1. The first-order valence-electron chi connectivity index (χ1n) is 8.87. The lowest BCUT2D eigenvalue weighted by Gasteiger charge is -2.16. The van der Waals surface area contributed by atoms with Crippen LogP contribution in [0.15, 0.2) is 65.8 Å². The molecule has 3 aromatic carbocycles. The minimum Gasteiger partial charge on any atom is -0.298 e. The third kappa shape index (κ3) is 3.31. The molecule has 0 atom stereocenters. The van der Waals surface area contributed by atoms with E-state index in [2.05, 4.69) is 10.5 Å². The summed E-state index contributed by atoms with van der Waals surface area (Å²) in [6, 6.07) is 17.0. The summed E-state index contributed by atoms with van der Waals surface area (Å²) < 4.78 is 0. The number of hydrogen-bond acceptors (Lipinski definition) is 5. The molecule has 8 heteroatoms. The van der Waals surface area contributed by atoms with Crippen molar-refractivity contribution in [1.82, 2.24) is 5.43 Å². The average Bonchev–Trinajstić information content (AvgIpc) is 3.00. The molecule has 4 rings (SSSR count). The van der Waals surface area contributed by atoms with Crippen molar-refractivity contribution in [3.8, 4) is 0 Å². The Labute approximate surface area is 165 Å². The van der Waals surface area contributed by atoms with E-state index >= 15 is 0 Å². The number of benzene rings is 3. The Kier molecular flexibility index (Phi) is 4.52. The molecule has 3 aromatic rings. The molecule has 144 valence electrons. The monoisotopic (exact) mass is 388 g/mol. The molecule has 1 aliphatic heterocycles. The number of nitrogens with one attached hydrogen (secondary N) is 1. The zero-order chi connectivity index (χ0) is 20.5. The lowest BCUT2D eigenvalue weighted by Crippen LogP contribution is -2.37. The Morgan fingerprint density at radius 3 is 2.62 bits per heavy atom. The van der Waals surface area contributed by atoms with Gasteiger partial charge in [-0.25, -0.2) is 5.43 Å². The quantitative estimate of drug-likeness (QED) is 0.411. The molecule has 0 aliphatic carbocycles. The van der Waals surface area contributed by atoms with Crippen molar-refractivity contribution in [2.24, 2.45) is 5.10 Å². The van der Waals surface area contributed by atoms with Gasteiger partial charge in [0, 0.05) is 28.6 Å². The van der Waals surface area contributed by atoms with Crippen molar-refractivity contribution in [3.63, 3.8) is 0 Å². The third-order valence-corrected chi connectivity index (χ3v) is 4.77. The number of anilines is 1. The van der Waals surface area contributed by atoms with Crippen LogP contribution in [0.25, 0.3) is 10.8 Å². The Hall–Kier alpha value is -4.07. The lowest BCUT2D eigenvalue weighted by molar-refractivity contribution is -0.384. The molecule has 1 aliphatic rings. The predicted octanol–water partition coefficient (Wildman–Crippen LogP) is 3.25. The van der Waals surface area contributed by atoms with E-state index in [9.17, 15) is 19.7 Å². The fourth-order valence-electron chi connectivity index (χ4n) is 3.37. The van der Waals surface area contributed by atoms with Gasteiger partial charge < -0.3 is 0 Å². The van der Waals surface area contributed by atoms with Gasteiger partial charge in [0.05, 0.1) is 16.3 Å². The summed E-state index contributed by atoms with van der Waals surface area (Å²) in [6.07, 6.45) is 0. The van der Waals surface area contributed by atoms with Crippen molar-refractivity contribution >= 4 is 39.7 Å². The molecular formula is C21H16N4O4. The van der Waals surface area contributed by atoms with Crippen LogP contribution in [0.5, 0.6) is 0 Å². The number of nitro benzene ring substituents is 1. The van der Waals surface area contributed by atoms with E-state index in [0.717, 1.165) is 10.8 Å². The molecule has 0 unspecified atom stereocenters. The van der Waals surface area contributed by atoms with Crippen LogP contribution in [0.4, 0.5) is 11.4 Å². The topological polar surface area (TPSA) is 105 Å². The summed E-state index contributed by atoms with van der Waals surface area (Å²) in [5.41, 5.74) is 4.57. The largest absolute Gasteiger partial charge is 0.298 e. The zero-order valence-corrected chi connectivity index (χ0v) is 15.5. The van der Waals surface area contributed by atoms with Crippen molar-refractivity contribution in [1.29, 1.82) is 0 Å². The predicted molar refractivity (Wildman–Crippen MR) is 109 cm³/mol. The zero-order valence-electron chi connectivity index (χ0n) is 15.5. The Balaban J connectivity index is 1.50. The van der Waals surface area contributed by atoms with E-state index in [-0.39, 0.29) is 18.1 Å². The minimum absolute atomic E-state index is 0.0584. The Morgan fingerprint density at radius 1 is 1.14 bits per heavy atom. The molecular weight excluding hydrogens is 372 g/mol. The maximum atomic E-state index is 12.7. The van der Waals surface area contributed by atoms with E-state index in [1.165, 1.54) is 17.0 Å². The number of rotatable bonds is 5. The van der Waals surface area contributed by atoms with E-state index in [1.54, 1.807) is 25.1 Å². The van der Waals surface area contributed by atoms with Gasteiger partial charge >= 0.3 is 0 Å². The number of hydrazone groups is 1. The van der Waals surface area contributed by atoms with E-state index in [0.29, 0.717) is 22.5 Å². The number of amides is 2. The number of nitro groups is 1. The van der Waals surface area contributed by atoms with Gasteiger partial charge in [0.25, 0.3) is 17.5 Å². The van der Waals surface area contributed by atoms with Crippen LogP contribution in [-0.2, 0) is 4.79 Å². The van der Waals surface area contributed by atoms with Crippen molar-refractivity contribution in [2.75, 3.05) is 11.4 Å². The summed E-state index contributed by atoms with van der Waals surface area (Å²) in [4.78, 5) is 36.9. The average molecular weight is 388 g/mol. The first-order chi connectivity index (χ1) is 14.0. The SMILES string of the molecule is C/C(=N/NC(=O)CN1C(=O)c2cccc3cccc1c23)c1cccc([N+](=O)[O-])c1. The van der Waals surface area contributed by atoms with Crippen LogP contribution in [0, 0.1) is 10.1 Å². The van der Waals surface area contributed by atoms with Crippen LogP contribution in [0.2, 0.25) is 0 Å². The number of nitrogens with zero attached hydrogens (tertiary/aromatic N) is 3. The maximum absolute atomic E-state index is 12.7. The first kappa shape index (κ1) is 18.3. The molecule has 1 N–H and O–H groups in total. The van der Waals surface area contributed by atoms with Gasteiger partial charge in [-0.1, -0.05) is 36.4 Å². The van der Waals surface area contributed by atoms with E-state index < -0.39 is 10.8 Å². The van der Waals surface area contributed by atoms with Gasteiger partial charge in [-0.15, -0.1) is 0 Å². The summed E-state index contributed by atoms with van der Waals surface area (Å²) in [7, 11) is 0. The summed E-state index contributed by atoms with van der Waals surface area (Å²) in [5.74, 6) is -0.695. The number of carbonyl (C=O) groups excluding carboxylic acids is 2. The summed E-state index contributed by atoms with van der Waals surface area (Å²) in [5, 5.41) is 16.7. The van der Waals surface area contributed by atoms with Crippen LogP contribution in [-0.4, -0.2) is 29.0 Å². The molecule has 8 nitrogen and oxygen atoms in total. The van der Waals surface area contributed by atoms with Gasteiger partial charge in [-0.2, -0.15) is 5.10 Å². The fourth-order valence-corrected chi connectivity index (χ4v) is 3.37. The molecule has 29 heavy (non-hydrogen) atoms. The third-order valence-electron chi connectivity index (χ3n) is 4.77. The smallest absolute Gasteiger partial charge is 0.270 e. The molecule has 0 spiro atoms. The Bertz CT molecular complexity index is 1200. The molecule has 0 fully saturated rings. The van der Waals surface area contributed by atoms with E-state index in [4.69, 9.17) is 0 Å². The number of hydrogen-bond donors (Lipinski definition) is 1. The summed E-state index contributed by atoms with van der Waals surface area (Å²) >= 11 is 0. The number of carbonyl (C=O) groups is 2. The second-order valence-corrected chi connectivity index (χ2v) is 6.61. The van der Waals surface area contributed by atoms with Crippen LogP contribution >= 0.6 is 0 Å². The second-order valence-electron chi connectivity index (χ2n) is 6.61. The fraction of sp³-hybridized carbons (Fsp3) is 0.0952. The molecule has 2 amide bonds. The van der Waals surface area contributed by atoms with E-state index in [1.807, 2.05) is 30.3 Å². The van der Waals surface area contributed by atoms with Gasteiger partial charge in [0.15, 0.2) is 0 Å². The number of non-ortho nitro benzene ring substituents is 1. The standard InChI is InChI=1S/C21H16N4O4/c1-13(15-7-2-8-16(11-15)25(28)29)22-23-19(26)12-24-18-10-4-6-14-5-3-9-17(20(14)18)21(24)27/h2-11H,12H2,1H3,(H,23,26)/b22-13-. The van der Waals surface area contributed by atoms with Crippen LogP contribution < -0.4 is 10.3 Å². The Morgan fingerprint density at radius 2 is 1.86 bits per heavy atom. The molecule has 0 saturated carbocycles. The first-order valence-corrected chi connectivity index (χ1v) is 8.87. The molecule has 1 heterocycles.